The summed E-state index contributed by atoms with van der Waals surface area (Å²) < 4.78 is 13.4. The van der Waals surface area contributed by atoms with Crippen LogP contribution in [-0.2, 0) is 0 Å². The predicted molar refractivity (Wildman–Crippen MR) is 139 cm³/mol. The maximum absolute atomic E-state index is 13.4. The Morgan fingerprint density at radius 1 is 0.824 bits per heavy atom. The predicted octanol–water partition coefficient (Wildman–Crippen LogP) is 4.97. The SMILES string of the molecule is Fc1ccc(N2CNCC23CCN(CCC(Nc2ccccc2)Nc2ccccc2)CC3)cc1. The smallest absolute Gasteiger partial charge is 0.123 e. The Balaban J connectivity index is 1.19. The normalized spacial score (nSPS) is 17.9. The summed E-state index contributed by atoms with van der Waals surface area (Å²) in [7, 11) is 0. The lowest BCUT2D eigenvalue weighted by atomic mass is 9.86. The van der Waals surface area contributed by atoms with E-state index in [0.29, 0.717) is 0 Å². The van der Waals surface area contributed by atoms with Crippen LogP contribution in [0, 0.1) is 5.82 Å². The average Bonchev–Trinajstić information content (AvgIpc) is 3.28. The molecule has 0 atom stereocenters. The van der Waals surface area contributed by atoms with Gasteiger partial charge in [-0.05, 0) is 67.8 Å². The van der Waals surface area contributed by atoms with E-state index in [9.17, 15) is 4.39 Å². The fourth-order valence-electron chi connectivity index (χ4n) is 5.25. The summed E-state index contributed by atoms with van der Waals surface area (Å²) in [6.07, 6.45) is 3.36. The van der Waals surface area contributed by atoms with Crippen molar-refractivity contribution in [1.82, 2.24) is 10.2 Å². The van der Waals surface area contributed by atoms with Gasteiger partial charge in [-0.25, -0.2) is 4.39 Å². The van der Waals surface area contributed by atoms with Crippen LogP contribution in [0.4, 0.5) is 21.5 Å². The van der Waals surface area contributed by atoms with Crippen molar-refractivity contribution < 1.29 is 4.39 Å². The van der Waals surface area contributed by atoms with Gasteiger partial charge in [-0.3, -0.25) is 5.32 Å². The number of anilines is 3. The Morgan fingerprint density at radius 3 is 2.00 bits per heavy atom. The summed E-state index contributed by atoms with van der Waals surface area (Å²) >= 11 is 0. The molecule has 5 rings (SSSR count). The number of nitrogens with one attached hydrogen (secondary N) is 3. The van der Waals surface area contributed by atoms with Crippen LogP contribution in [-0.4, -0.2) is 49.5 Å². The van der Waals surface area contributed by atoms with E-state index in [0.717, 1.165) is 69.2 Å². The van der Waals surface area contributed by atoms with Crippen LogP contribution < -0.4 is 20.9 Å². The van der Waals surface area contributed by atoms with Crippen LogP contribution in [0.3, 0.4) is 0 Å². The van der Waals surface area contributed by atoms with Crippen molar-refractivity contribution in [2.24, 2.45) is 0 Å². The summed E-state index contributed by atoms with van der Waals surface area (Å²) in [5.74, 6) is -0.178. The topological polar surface area (TPSA) is 42.6 Å². The van der Waals surface area contributed by atoms with Gasteiger partial charge in [0.15, 0.2) is 0 Å². The van der Waals surface area contributed by atoms with Gasteiger partial charge < -0.3 is 20.4 Å². The van der Waals surface area contributed by atoms with Crippen LogP contribution in [0.1, 0.15) is 19.3 Å². The van der Waals surface area contributed by atoms with Gasteiger partial charge in [-0.2, -0.15) is 0 Å². The van der Waals surface area contributed by atoms with Crippen LogP contribution in [0.2, 0.25) is 0 Å². The van der Waals surface area contributed by atoms with Gasteiger partial charge in [0.1, 0.15) is 5.82 Å². The van der Waals surface area contributed by atoms with Gasteiger partial charge in [0, 0.05) is 43.2 Å². The maximum Gasteiger partial charge on any atom is 0.123 e. The van der Waals surface area contributed by atoms with Gasteiger partial charge in [0.05, 0.1) is 18.4 Å². The zero-order valence-corrected chi connectivity index (χ0v) is 19.6. The standard InChI is InChI=1S/C28H34FN5/c29-23-11-13-26(14-12-23)34-22-30-21-28(34)16-19-33(20-17-28)18-15-27(31-24-7-3-1-4-8-24)32-25-9-5-2-6-10-25/h1-14,27,30-32H,15-22H2. The lowest BCUT2D eigenvalue weighted by Gasteiger charge is -2.45. The fourth-order valence-corrected chi connectivity index (χ4v) is 5.25. The second-order valence-corrected chi connectivity index (χ2v) is 9.42. The third kappa shape index (κ3) is 5.34. The van der Waals surface area contributed by atoms with E-state index in [1.807, 2.05) is 24.3 Å². The van der Waals surface area contributed by atoms with Crippen LogP contribution in [0.25, 0.3) is 0 Å². The molecule has 2 heterocycles. The van der Waals surface area contributed by atoms with Crippen LogP contribution >= 0.6 is 0 Å². The Kier molecular flexibility index (Phi) is 6.97. The molecule has 1 spiro atoms. The van der Waals surface area contributed by atoms with Gasteiger partial charge in [-0.15, -0.1) is 0 Å². The maximum atomic E-state index is 13.4. The molecule has 34 heavy (non-hydrogen) atoms. The number of hydrogen-bond donors (Lipinski definition) is 3. The molecule has 2 fully saturated rings. The molecule has 0 saturated carbocycles. The molecule has 2 aliphatic heterocycles. The minimum atomic E-state index is -0.178. The molecule has 2 aliphatic rings. The van der Waals surface area contributed by atoms with Crippen molar-refractivity contribution >= 4 is 17.1 Å². The van der Waals surface area contributed by atoms with Crippen molar-refractivity contribution in [3.63, 3.8) is 0 Å². The number of likely N-dealkylation sites (tertiary alicyclic amines) is 1. The summed E-state index contributed by atoms with van der Waals surface area (Å²) in [5.41, 5.74) is 3.48. The zero-order valence-electron chi connectivity index (χ0n) is 19.6. The molecule has 0 aromatic heterocycles. The second kappa shape index (κ2) is 10.5. The lowest BCUT2D eigenvalue weighted by Crippen LogP contribution is -2.54. The third-order valence-corrected chi connectivity index (χ3v) is 7.19. The number of rotatable bonds is 8. The molecular formula is C28H34FN5. The van der Waals surface area contributed by atoms with E-state index in [2.05, 4.69) is 74.3 Å². The van der Waals surface area contributed by atoms with Crippen LogP contribution in [0.15, 0.2) is 84.9 Å². The third-order valence-electron chi connectivity index (χ3n) is 7.19. The van der Waals surface area contributed by atoms with Crippen molar-refractivity contribution in [2.75, 3.05) is 48.4 Å². The largest absolute Gasteiger partial charge is 0.365 e. The Bertz CT molecular complexity index is 978. The molecule has 5 nitrogen and oxygen atoms in total. The summed E-state index contributed by atoms with van der Waals surface area (Å²) in [6, 6.07) is 27.7. The number of benzene rings is 3. The van der Waals surface area contributed by atoms with E-state index in [1.54, 1.807) is 12.1 Å². The first kappa shape index (κ1) is 22.7. The van der Waals surface area contributed by atoms with Gasteiger partial charge >= 0.3 is 0 Å². The molecule has 0 aliphatic carbocycles. The van der Waals surface area contributed by atoms with E-state index < -0.39 is 0 Å². The number of hydrogen-bond acceptors (Lipinski definition) is 5. The first-order valence-electron chi connectivity index (χ1n) is 12.3. The highest BCUT2D eigenvalue weighted by molar-refractivity contribution is 5.51. The minimum absolute atomic E-state index is 0.123. The number of nitrogens with zero attached hydrogens (tertiary/aromatic N) is 2. The van der Waals surface area contributed by atoms with Crippen molar-refractivity contribution in [1.29, 1.82) is 0 Å². The van der Waals surface area contributed by atoms with E-state index in [1.165, 1.54) is 0 Å². The van der Waals surface area contributed by atoms with E-state index >= 15 is 0 Å². The van der Waals surface area contributed by atoms with Crippen LogP contribution in [0.5, 0.6) is 0 Å². The lowest BCUT2D eigenvalue weighted by molar-refractivity contribution is 0.166. The first-order valence-corrected chi connectivity index (χ1v) is 12.3. The molecule has 0 amide bonds. The molecule has 3 aromatic rings. The summed E-state index contributed by atoms with van der Waals surface area (Å²) in [5, 5.41) is 10.9. The Labute approximate surface area is 202 Å². The molecule has 0 radical (unpaired) electrons. The molecule has 3 aromatic carbocycles. The second-order valence-electron chi connectivity index (χ2n) is 9.42. The molecule has 0 bridgehead atoms. The fraction of sp³-hybridized carbons (Fsp3) is 0.357. The summed E-state index contributed by atoms with van der Waals surface area (Å²) in [4.78, 5) is 5.03. The highest BCUT2D eigenvalue weighted by Crippen LogP contribution is 2.35. The average molecular weight is 460 g/mol. The van der Waals surface area contributed by atoms with E-state index in [-0.39, 0.29) is 17.5 Å². The van der Waals surface area contributed by atoms with Gasteiger partial charge in [-0.1, -0.05) is 36.4 Å². The molecule has 2 saturated heterocycles. The number of para-hydroxylation sites is 2. The molecule has 6 heteroatoms. The number of halogens is 1. The Hall–Kier alpha value is -3.09. The molecule has 3 N–H and O–H groups in total. The van der Waals surface area contributed by atoms with Crippen molar-refractivity contribution in [3.8, 4) is 0 Å². The van der Waals surface area contributed by atoms with Crippen molar-refractivity contribution in [3.05, 3.63) is 90.7 Å². The van der Waals surface area contributed by atoms with Gasteiger partial charge in [0.25, 0.3) is 0 Å². The molecule has 0 unspecified atom stereocenters. The molecular weight excluding hydrogens is 425 g/mol. The monoisotopic (exact) mass is 459 g/mol. The molecule has 178 valence electrons. The first-order chi connectivity index (χ1) is 16.7. The van der Waals surface area contributed by atoms with Gasteiger partial charge in [0.2, 0.25) is 0 Å². The highest BCUT2D eigenvalue weighted by atomic mass is 19.1. The highest BCUT2D eigenvalue weighted by Gasteiger charge is 2.43. The number of piperidine rings is 1. The summed E-state index contributed by atoms with van der Waals surface area (Å²) in [6.45, 7) is 5.00. The quantitative estimate of drug-likeness (QED) is 0.415. The minimum Gasteiger partial charge on any atom is -0.365 e. The van der Waals surface area contributed by atoms with E-state index in [4.69, 9.17) is 0 Å². The van der Waals surface area contributed by atoms with Crippen molar-refractivity contribution in [2.45, 2.75) is 31.0 Å². The zero-order chi connectivity index (χ0) is 23.2. The Morgan fingerprint density at radius 2 is 1.41 bits per heavy atom.